The lowest BCUT2D eigenvalue weighted by Crippen LogP contribution is -2.30. The van der Waals surface area contributed by atoms with E-state index in [2.05, 4.69) is 19.9 Å². The molecule has 0 aromatic rings. The van der Waals surface area contributed by atoms with Gasteiger partial charge in [0.25, 0.3) is 0 Å². The number of unbranched alkanes of at least 4 members (excludes halogenated alkanes) is 2. The first kappa shape index (κ1) is 17.9. The van der Waals surface area contributed by atoms with Crippen LogP contribution >= 0.6 is 7.60 Å². The van der Waals surface area contributed by atoms with Gasteiger partial charge in [0, 0.05) is 0 Å². The van der Waals surface area contributed by atoms with Gasteiger partial charge in [-0.3, -0.25) is 4.57 Å². The number of allylic oxidation sites excluding steroid dienone is 2. The van der Waals surface area contributed by atoms with Gasteiger partial charge in [0.2, 0.25) is 0 Å². The highest BCUT2D eigenvalue weighted by atomic mass is 31.2. The number of hydrogen-bond donors (Lipinski definition) is 2. The summed E-state index contributed by atoms with van der Waals surface area (Å²) in [4.78, 5) is 19.5. The molecule has 0 amide bonds. The number of hydrogen-bond acceptors (Lipinski definition) is 1. The van der Waals surface area contributed by atoms with E-state index >= 15 is 0 Å². The first-order valence-electron chi connectivity index (χ1n) is 7.14. The van der Waals surface area contributed by atoms with E-state index in [-0.39, 0.29) is 0 Å². The third-order valence-corrected chi connectivity index (χ3v) is 5.84. The molecular formula is C14H29O3P. The van der Waals surface area contributed by atoms with Crippen LogP contribution in [0.4, 0.5) is 0 Å². The van der Waals surface area contributed by atoms with Crippen LogP contribution in [-0.4, -0.2) is 14.9 Å². The van der Waals surface area contributed by atoms with Gasteiger partial charge in [0.1, 0.15) is 0 Å². The second kappa shape index (κ2) is 8.14. The van der Waals surface area contributed by atoms with E-state index in [1.54, 1.807) is 0 Å². The molecule has 108 valence electrons. The van der Waals surface area contributed by atoms with Crippen molar-refractivity contribution in [3.63, 3.8) is 0 Å². The quantitative estimate of drug-likeness (QED) is 0.476. The summed E-state index contributed by atoms with van der Waals surface area (Å²) in [7, 11) is -4.11. The predicted molar refractivity (Wildman–Crippen MR) is 77.9 cm³/mol. The highest BCUT2D eigenvalue weighted by Crippen LogP contribution is 2.59. The Bertz CT molecular complexity index is 300. The molecule has 3 nitrogen and oxygen atoms in total. The maximum absolute atomic E-state index is 11.9. The topological polar surface area (TPSA) is 57.5 Å². The van der Waals surface area contributed by atoms with Crippen molar-refractivity contribution in [2.45, 2.75) is 77.8 Å². The largest absolute Gasteiger partial charge is 0.335 e. The van der Waals surface area contributed by atoms with Gasteiger partial charge in [-0.2, -0.15) is 0 Å². The summed E-state index contributed by atoms with van der Waals surface area (Å²) in [6.45, 7) is 7.96. The Labute approximate surface area is 112 Å². The fraction of sp³-hybridized carbons (Fsp3) is 0.857. The summed E-state index contributed by atoms with van der Waals surface area (Å²) in [6.07, 6.45) is 7.86. The van der Waals surface area contributed by atoms with Crippen LogP contribution in [0.5, 0.6) is 0 Å². The second-order valence-electron chi connectivity index (χ2n) is 4.90. The van der Waals surface area contributed by atoms with Crippen molar-refractivity contribution < 1.29 is 14.4 Å². The van der Waals surface area contributed by atoms with Crippen molar-refractivity contribution in [3.05, 3.63) is 11.6 Å². The smallest absolute Gasteiger partial charge is 0.324 e. The van der Waals surface area contributed by atoms with Crippen LogP contribution in [0.15, 0.2) is 11.6 Å². The number of rotatable bonds is 9. The molecular weight excluding hydrogens is 247 g/mol. The maximum Gasteiger partial charge on any atom is 0.335 e. The van der Waals surface area contributed by atoms with E-state index < -0.39 is 12.8 Å². The van der Waals surface area contributed by atoms with Crippen molar-refractivity contribution in [1.82, 2.24) is 0 Å². The zero-order chi connectivity index (χ0) is 14.2. The summed E-state index contributed by atoms with van der Waals surface area (Å²) in [5.41, 5.74) is 0.976. The standard InChI is InChI=1S/C14H29O3P/c1-5-9-11-13(12-10-6-2)14(7-3,8-4)18(15,16)17/h11H,5-10,12H2,1-4H3,(H2,15,16,17). The molecule has 4 heteroatoms. The summed E-state index contributed by atoms with van der Waals surface area (Å²) >= 11 is 0. The minimum absolute atomic E-state index is 0.507. The minimum atomic E-state index is -4.11. The molecule has 2 N–H and O–H groups in total. The molecule has 0 heterocycles. The maximum atomic E-state index is 11.9. The molecule has 0 aliphatic rings. The normalized spacial score (nSPS) is 14.0. The minimum Gasteiger partial charge on any atom is -0.324 e. The summed E-state index contributed by atoms with van der Waals surface area (Å²) in [5, 5.41) is -0.933. The average molecular weight is 276 g/mol. The molecule has 0 saturated carbocycles. The van der Waals surface area contributed by atoms with E-state index in [0.717, 1.165) is 37.7 Å². The summed E-state index contributed by atoms with van der Waals surface area (Å²) in [5.74, 6) is 0. The SMILES string of the molecule is CCCC=C(CCCC)C(CC)(CC)P(=O)(O)O. The van der Waals surface area contributed by atoms with E-state index in [4.69, 9.17) is 0 Å². The fourth-order valence-electron chi connectivity index (χ4n) is 2.51. The van der Waals surface area contributed by atoms with Crippen LogP contribution in [0, 0.1) is 0 Å². The first-order valence-corrected chi connectivity index (χ1v) is 8.75. The molecule has 0 aliphatic heterocycles. The van der Waals surface area contributed by atoms with Gasteiger partial charge in [-0.05, 0) is 32.1 Å². The predicted octanol–water partition coefficient (Wildman–Crippen LogP) is 4.64. The lowest BCUT2D eigenvalue weighted by Gasteiger charge is -2.35. The molecule has 0 rings (SSSR count). The van der Waals surface area contributed by atoms with Gasteiger partial charge >= 0.3 is 7.60 Å². The third kappa shape index (κ3) is 4.22. The Hall–Kier alpha value is -0.110. The van der Waals surface area contributed by atoms with Crippen LogP contribution in [0.25, 0.3) is 0 Å². The Balaban J connectivity index is 5.41. The molecule has 0 atom stereocenters. The van der Waals surface area contributed by atoms with Crippen molar-refractivity contribution in [1.29, 1.82) is 0 Å². The van der Waals surface area contributed by atoms with Crippen molar-refractivity contribution in [3.8, 4) is 0 Å². The lowest BCUT2D eigenvalue weighted by molar-refractivity contribution is 0.326. The van der Waals surface area contributed by atoms with Crippen LogP contribution in [0.1, 0.15) is 72.6 Å². The molecule has 0 aromatic heterocycles. The average Bonchev–Trinajstić information content (AvgIpc) is 2.31. The van der Waals surface area contributed by atoms with Crippen molar-refractivity contribution in [2.75, 3.05) is 0 Å². The highest BCUT2D eigenvalue weighted by Gasteiger charge is 2.46. The first-order chi connectivity index (χ1) is 8.39. The van der Waals surface area contributed by atoms with Gasteiger partial charge in [-0.15, -0.1) is 0 Å². The molecule has 0 bridgehead atoms. The molecule has 0 aliphatic carbocycles. The zero-order valence-electron chi connectivity index (χ0n) is 12.3. The third-order valence-electron chi connectivity index (χ3n) is 3.80. The second-order valence-corrected chi connectivity index (χ2v) is 6.85. The van der Waals surface area contributed by atoms with Gasteiger partial charge < -0.3 is 9.79 Å². The molecule has 0 radical (unpaired) electrons. The lowest BCUT2D eigenvalue weighted by atomic mass is 9.88. The van der Waals surface area contributed by atoms with E-state index in [1.165, 1.54) is 0 Å². The Morgan fingerprint density at radius 2 is 1.67 bits per heavy atom. The van der Waals surface area contributed by atoms with Gasteiger partial charge in [-0.1, -0.05) is 52.2 Å². The summed E-state index contributed by atoms with van der Waals surface area (Å²) < 4.78 is 11.9. The highest BCUT2D eigenvalue weighted by molar-refractivity contribution is 7.53. The summed E-state index contributed by atoms with van der Waals surface area (Å²) in [6, 6.07) is 0. The zero-order valence-corrected chi connectivity index (χ0v) is 13.2. The monoisotopic (exact) mass is 276 g/mol. The van der Waals surface area contributed by atoms with Crippen molar-refractivity contribution >= 4 is 7.60 Å². The van der Waals surface area contributed by atoms with E-state index in [0.29, 0.717) is 12.8 Å². The van der Waals surface area contributed by atoms with Crippen LogP contribution in [-0.2, 0) is 4.57 Å². The van der Waals surface area contributed by atoms with Crippen LogP contribution < -0.4 is 0 Å². The van der Waals surface area contributed by atoms with Crippen LogP contribution in [0.2, 0.25) is 0 Å². The molecule has 18 heavy (non-hydrogen) atoms. The fourth-order valence-corrected chi connectivity index (χ4v) is 3.91. The Kier molecular flexibility index (Phi) is 8.09. The Morgan fingerprint density at radius 1 is 1.11 bits per heavy atom. The van der Waals surface area contributed by atoms with Gasteiger partial charge in [0.15, 0.2) is 0 Å². The molecule has 0 unspecified atom stereocenters. The van der Waals surface area contributed by atoms with E-state index in [9.17, 15) is 14.4 Å². The molecule has 0 aromatic carbocycles. The van der Waals surface area contributed by atoms with E-state index in [1.807, 2.05) is 13.8 Å². The van der Waals surface area contributed by atoms with Crippen LogP contribution in [0.3, 0.4) is 0 Å². The molecule has 0 spiro atoms. The molecule has 0 fully saturated rings. The molecule has 0 saturated heterocycles. The van der Waals surface area contributed by atoms with Gasteiger partial charge in [0.05, 0.1) is 5.16 Å². The Morgan fingerprint density at radius 3 is 2.00 bits per heavy atom. The van der Waals surface area contributed by atoms with Gasteiger partial charge in [-0.25, -0.2) is 0 Å². The van der Waals surface area contributed by atoms with Crippen molar-refractivity contribution in [2.24, 2.45) is 0 Å².